The van der Waals surface area contributed by atoms with Crippen LogP contribution in [0.25, 0.3) is 11.1 Å². The summed E-state index contributed by atoms with van der Waals surface area (Å²) in [6, 6.07) is 5.95. The predicted molar refractivity (Wildman–Crippen MR) is 102 cm³/mol. The number of fused-ring (bicyclic) bond motifs is 1. The van der Waals surface area contributed by atoms with Gasteiger partial charge in [0.25, 0.3) is 5.79 Å². The number of hydrogen-bond acceptors (Lipinski definition) is 7. The van der Waals surface area contributed by atoms with Crippen molar-refractivity contribution in [1.82, 2.24) is 4.98 Å². The number of ether oxygens (including phenoxy) is 4. The standard InChI is InChI=1S/C20H22BNO6/c1-24-17-3-2-16(18-19(17)28-20(27-18)4-6-25-7-5-20)14-8-13(10-22-11-14)15-9-21(23)26-12-15/h2-3,8,10-11,15,23H,4-7,9,12H2,1H3. The third-order valence-electron chi connectivity index (χ3n) is 5.64. The molecule has 1 spiro atoms. The Morgan fingerprint density at radius 3 is 2.75 bits per heavy atom. The zero-order chi connectivity index (χ0) is 19.1. The largest absolute Gasteiger partial charge is 0.493 e. The van der Waals surface area contributed by atoms with Gasteiger partial charge in [-0.05, 0) is 30.1 Å². The quantitative estimate of drug-likeness (QED) is 0.817. The van der Waals surface area contributed by atoms with Crippen LogP contribution in [0, 0.1) is 0 Å². The molecule has 0 radical (unpaired) electrons. The molecule has 0 bridgehead atoms. The van der Waals surface area contributed by atoms with Crippen LogP contribution in [0.15, 0.2) is 30.6 Å². The number of aromatic nitrogens is 1. The van der Waals surface area contributed by atoms with Crippen LogP contribution in [-0.2, 0) is 9.39 Å². The van der Waals surface area contributed by atoms with Gasteiger partial charge in [0.05, 0.1) is 20.3 Å². The number of pyridine rings is 1. The summed E-state index contributed by atoms with van der Waals surface area (Å²) in [4.78, 5) is 4.42. The van der Waals surface area contributed by atoms with E-state index in [4.69, 9.17) is 23.6 Å². The lowest BCUT2D eigenvalue weighted by molar-refractivity contribution is -0.144. The fourth-order valence-corrected chi connectivity index (χ4v) is 4.08. The molecule has 146 valence electrons. The van der Waals surface area contributed by atoms with Crippen molar-refractivity contribution < 1.29 is 28.6 Å². The van der Waals surface area contributed by atoms with E-state index in [1.165, 1.54) is 0 Å². The fourth-order valence-electron chi connectivity index (χ4n) is 4.08. The molecule has 2 fully saturated rings. The average Bonchev–Trinajstić information content (AvgIpc) is 3.31. The number of rotatable bonds is 3. The lowest BCUT2D eigenvalue weighted by Crippen LogP contribution is -2.44. The second kappa shape index (κ2) is 6.95. The lowest BCUT2D eigenvalue weighted by atomic mass is 9.80. The highest BCUT2D eigenvalue weighted by Gasteiger charge is 2.45. The molecule has 28 heavy (non-hydrogen) atoms. The molecule has 1 N–H and O–H groups in total. The molecule has 0 saturated carbocycles. The van der Waals surface area contributed by atoms with E-state index < -0.39 is 12.9 Å². The molecular weight excluding hydrogens is 361 g/mol. The molecule has 0 aliphatic carbocycles. The average molecular weight is 383 g/mol. The molecule has 1 unspecified atom stereocenters. The zero-order valence-corrected chi connectivity index (χ0v) is 15.7. The van der Waals surface area contributed by atoms with Crippen LogP contribution >= 0.6 is 0 Å². The maximum atomic E-state index is 9.67. The van der Waals surface area contributed by atoms with Gasteiger partial charge in [0.1, 0.15) is 0 Å². The molecule has 2 saturated heterocycles. The van der Waals surface area contributed by atoms with E-state index in [0.717, 1.165) is 16.7 Å². The Kier molecular flexibility index (Phi) is 4.42. The minimum Gasteiger partial charge on any atom is -0.493 e. The molecular formula is C20H22BNO6. The van der Waals surface area contributed by atoms with Crippen molar-refractivity contribution in [3.8, 4) is 28.4 Å². The highest BCUT2D eigenvalue weighted by molar-refractivity contribution is 6.43. The molecule has 7 nitrogen and oxygen atoms in total. The van der Waals surface area contributed by atoms with Crippen molar-refractivity contribution in [3.05, 3.63) is 36.2 Å². The molecule has 2 aromatic rings. The van der Waals surface area contributed by atoms with Crippen LogP contribution < -0.4 is 14.2 Å². The minimum atomic E-state index is -0.705. The van der Waals surface area contributed by atoms with E-state index in [2.05, 4.69) is 11.1 Å². The van der Waals surface area contributed by atoms with Crippen LogP contribution in [0.2, 0.25) is 6.32 Å². The van der Waals surface area contributed by atoms with Crippen molar-refractivity contribution in [3.63, 3.8) is 0 Å². The molecule has 1 aromatic carbocycles. The van der Waals surface area contributed by atoms with Crippen LogP contribution in [0.3, 0.4) is 0 Å². The summed E-state index contributed by atoms with van der Waals surface area (Å²) in [6.07, 6.45) is 5.56. The molecule has 3 aliphatic heterocycles. The third-order valence-corrected chi connectivity index (χ3v) is 5.64. The van der Waals surface area contributed by atoms with Crippen molar-refractivity contribution in [1.29, 1.82) is 0 Å². The fraction of sp³-hybridized carbons (Fsp3) is 0.450. The number of benzene rings is 1. The molecule has 8 heteroatoms. The molecule has 1 atom stereocenters. The van der Waals surface area contributed by atoms with Gasteiger partial charge in [0.2, 0.25) is 5.75 Å². The Hall–Kier alpha value is -2.29. The van der Waals surface area contributed by atoms with Gasteiger partial charge < -0.3 is 28.6 Å². The van der Waals surface area contributed by atoms with Gasteiger partial charge in [-0.1, -0.05) is 0 Å². The summed E-state index contributed by atoms with van der Waals surface area (Å²) in [5.41, 5.74) is 2.89. The maximum Gasteiger partial charge on any atom is 0.454 e. The van der Waals surface area contributed by atoms with Crippen molar-refractivity contribution >= 4 is 7.12 Å². The van der Waals surface area contributed by atoms with Gasteiger partial charge in [-0.3, -0.25) is 4.98 Å². The second-order valence-corrected chi connectivity index (χ2v) is 7.43. The molecule has 5 rings (SSSR count). The van der Waals surface area contributed by atoms with Crippen LogP contribution in [0.1, 0.15) is 24.3 Å². The smallest absolute Gasteiger partial charge is 0.454 e. The number of nitrogens with zero attached hydrogens (tertiary/aromatic N) is 1. The Bertz CT molecular complexity index is 885. The van der Waals surface area contributed by atoms with Crippen molar-refractivity contribution in [2.45, 2.75) is 30.9 Å². The van der Waals surface area contributed by atoms with E-state index in [-0.39, 0.29) is 5.92 Å². The van der Waals surface area contributed by atoms with Crippen LogP contribution in [-0.4, -0.2) is 49.8 Å². The normalized spacial score (nSPS) is 22.6. The summed E-state index contributed by atoms with van der Waals surface area (Å²) in [5, 5.41) is 9.67. The van der Waals surface area contributed by atoms with Crippen molar-refractivity contribution in [2.24, 2.45) is 0 Å². The number of hydrogen-bond donors (Lipinski definition) is 1. The molecule has 1 aromatic heterocycles. The van der Waals surface area contributed by atoms with Gasteiger partial charge in [-0.25, -0.2) is 0 Å². The molecule has 4 heterocycles. The number of methoxy groups -OCH3 is 1. The van der Waals surface area contributed by atoms with E-state index >= 15 is 0 Å². The maximum absolute atomic E-state index is 9.67. The summed E-state index contributed by atoms with van der Waals surface area (Å²) < 4.78 is 28.9. The summed E-state index contributed by atoms with van der Waals surface area (Å²) in [5.74, 6) is 1.40. The van der Waals surface area contributed by atoms with E-state index in [0.29, 0.717) is 56.2 Å². The Labute approximate surface area is 163 Å². The summed E-state index contributed by atoms with van der Waals surface area (Å²) >= 11 is 0. The highest BCUT2D eigenvalue weighted by atomic mass is 16.7. The topological polar surface area (TPSA) is 79.3 Å². The zero-order valence-electron chi connectivity index (χ0n) is 15.7. The third kappa shape index (κ3) is 3.01. The first kappa shape index (κ1) is 17.8. The van der Waals surface area contributed by atoms with Gasteiger partial charge in [0.15, 0.2) is 11.5 Å². The van der Waals surface area contributed by atoms with Gasteiger partial charge >= 0.3 is 7.12 Å². The van der Waals surface area contributed by atoms with Gasteiger partial charge in [-0.15, -0.1) is 0 Å². The summed E-state index contributed by atoms with van der Waals surface area (Å²) in [6.45, 7) is 1.70. The first-order valence-corrected chi connectivity index (χ1v) is 9.59. The second-order valence-electron chi connectivity index (χ2n) is 7.43. The minimum absolute atomic E-state index is 0.132. The molecule has 0 amide bonds. The Morgan fingerprint density at radius 1 is 1.18 bits per heavy atom. The van der Waals surface area contributed by atoms with Crippen LogP contribution in [0.5, 0.6) is 17.2 Å². The van der Waals surface area contributed by atoms with Gasteiger partial charge in [-0.2, -0.15) is 0 Å². The van der Waals surface area contributed by atoms with E-state index in [1.807, 2.05) is 24.5 Å². The van der Waals surface area contributed by atoms with Gasteiger partial charge in [0, 0.05) is 48.9 Å². The monoisotopic (exact) mass is 383 g/mol. The lowest BCUT2D eigenvalue weighted by Gasteiger charge is -2.31. The van der Waals surface area contributed by atoms with E-state index in [9.17, 15) is 5.02 Å². The SMILES string of the molecule is COc1ccc(-c2cncc(C3COB(O)C3)c2)c2c1OC1(CCOCC1)O2. The van der Waals surface area contributed by atoms with Crippen molar-refractivity contribution in [2.75, 3.05) is 26.9 Å². The summed E-state index contributed by atoms with van der Waals surface area (Å²) in [7, 11) is 0.922. The first-order valence-electron chi connectivity index (χ1n) is 9.59. The van der Waals surface area contributed by atoms with Crippen LogP contribution in [0.4, 0.5) is 0 Å². The first-order chi connectivity index (χ1) is 13.7. The molecule has 3 aliphatic rings. The Morgan fingerprint density at radius 2 is 2.00 bits per heavy atom. The predicted octanol–water partition coefficient (Wildman–Crippen LogP) is 2.63. The Balaban J connectivity index is 1.53. The van der Waals surface area contributed by atoms with E-state index in [1.54, 1.807) is 7.11 Å². The highest BCUT2D eigenvalue weighted by Crippen LogP contribution is 2.53.